The second-order valence-corrected chi connectivity index (χ2v) is 6.80. The molecule has 1 heterocycles. The van der Waals surface area contributed by atoms with Gasteiger partial charge in [-0.05, 0) is 52.1 Å². The number of hydrogen-bond acceptors (Lipinski definition) is 3. The summed E-state index contributed by atoms with van der Waals surface area (Å²) < 4.78 is 5.77. The lowest BCUT2D eigenvalue weighted by Gasteiger charge is -2.52. The molecule has 0 aromatic rings. The van der Waals surface area contributed by atoms with Crippen molar-refractivity contribution in [3.63, 3.8) is 0 Å². The third-order valence-corrected chi connectivity index (χ3v) is 5.08. The zero-order valence-electron chi connectivity index (χ0n) is 13.0. The average molecular weight is 268 g/mol. The van der Waals surface area contributed by atoms with Crippen LogP contribution < -0.4 is 10.6 Å². The van der Waals surface area contributed by atoms with E-state index in [1.807, 2.05) is 0 Å². The van der Waals surface area contributed by atoms with E-state index in [2.05, 4.69) is 31.4 Å². The normalized spacial score (nSPS) is 33.9. The zero-order chi connectivity index (χ0) is 13.7. The largest absolute Gasteiger partial charge is 0.378 e. The summed E-state index contributed by atoms with van der Waals surface area (Å²) in [5.74, 6) is 0. The molecule has 1 saturated heterocycles. The van der Waals surface area contributed by atoms with E-state index in [9.17, 15) is 0 Å². The van der Waals surface area contributed by atoms with E-state index in [4.69, 9.17) is 4.74 Å². The van der Waals surface area contributed by atoms with Crippen LogP contribution in [-0.4, -0.2) is 37.9 Å². The maximum atomic E-state index is 5.77. The van der Waals surface area contributed by atoms with Gasteiger partial charge < -0.3 is 15.4 Å². The number of hydrogen-bond donors (Lipinski definition) is 2. The lowest BCUT2D eigenvalue weighted by atomic mass is 9.64. The summed E-state index contributed by atoms with van der Waals surface area (Å²) in [5, 5.41) is 7.36. The Morgan fingerprint density at radius 3 is 2.79 bits per heavy atom. The second-order valence-electron chi connectivity index (χ2n) is 6.80. The van der Waals surface area contributed by atoms with E-state index in [1.54, 1.807) is 0 Å². The van der Waals surface area contributed by atoms with E-state index in [0.29, 0.717) is 17.6 Å². The second kappa shape index (κ2) is 7.05. The van der Waals surface area contributed by atoms with Crippen molar-refractivity contribution in [1.29, 1.82) is 0 Å². The molecule has 3 unspecified atom stereocenters. The van der Waals surface area contributed by atoms with Crippen LogP contribution in [0.5, 0.6) is 0 Å². The molecule has 19 heavy (non-hydrogen) atoms. The van der Waals surface area contributed by atoms with Gasteiger partial charge in [0.1, 0.15) is 0 Å². The summed E-state index contributed by atoms with van der Waals surface area (Å²) in [6.07, 6.45) is 8.42. The number of rotatable bonds is 7. The minimum absolute atomic E-state index is 0.305. The van der Waals surface area contributed by atoms with Gasteiger partial charge in [-0.1, -0.05) is 20.3 Å². The van der Waals surface area contributed by atoms with Gasteiger partial charge in [-0.2, -0.15) is 0 Å². The standard InChI is InChI=1S/C16H32N2O/c1-4-19-15-12-14(16(15,2)3)18-11-7-9-13-8-5-6-10-17-13/h13-15,17-18H,4-12H2,1-3H3. The first-order valence-electron chi connectivity index (χ1n) is 8.23. The monoisotopic (exact) mass is 268 g/mol. The molecule has 0 spiro atoms. The Balaban J connectivity index is 1.56. The van der Waals surface area contributed by atoms with Crippen molar-refractivity contribution in [3.05, 3.63) is 0 Å². The molecule has 1 aliphatic heterocycles. The molecule has 0 bridgehead atoms. The predicted octanol–water partition coefficient (Wildman–Crippen LogP) is 2.70. The minimum Gasteiger partial charge on any atom is -0.378 e. The van der Waals surface area contributed by atoms with Gasteiger partial charge in [0.15, 0.2) is 0 Å². The smallest absolute Gasteiger partial charge is 0.0655 e. The first kappa shape index (κ1) is 15.3. The Morgan fingerprint density at radius 1 is 1.32 bits per heavy atom. The van der Waals surface area contributed by atoms with Crippen LogP contribution in [0.4, 0.5) is 0 Å². The maximum Gasteiger partial charge on any atom is 0.0655 e. The van der Waals surface area contributed by atoms with Gasteiger partial charge in [-0.3, -0.25) is 0 Å². The Bertz CT molecular complexity index is 261. The summed E-state index contributed by atoms with van der Waals surface area (Å²) >= 11 is 0. The molecule has 2 aliphatic rings. The lowest BCUT2D eigenvalue weighted by Crippen LogP contribution is -2.61. The molecule has 1 aliphatic carbocycles. The van der Waals surface area contributed by atoms with Gasteiger partial charge in [-0.15, -0.1) is 0 Å². The van der Waals surface area contributed by atoms with Crippen LogP contribution in [0.25, 0.3) is 0 Å². The molecule has 0 aromatic heterocycles. The highest BCUT2D eigenvalue weighted by Crippen LogP contribution is 2.42. The highest BCUT2D eigenvalue weighted by atomic mass is 16.5. The Labute approximate surface area is 118 Å². The maximum absolute atomic E-state index is 5.77. The van der Waals surface area contributed by atoms with E-state index >= 15 is 0 Å². The summed E-state index contributed by atoms with van der Waals surface area (Å²) in [5.41, 5.74) is 0.305. The first-order chi connectivity index (χ1) is 9.14. The van der Waals surface area contributed by atoms with Crippen molar-refractivity contribution >= 4 is 0 Å². The SMILES string of the molecule is CCOC1CC(NCCCC2CCCCN2)C1(C)C. The molecule has 3 atom stereocenters. The molecule has 0 amide bonds. The molecule has 2 N–H and O–H groups in total. The highest BCUT2D eigenvalue weighted by Gasteiger charge is 2.48. The highest BCUT2D eigenvalue weighted by molar-refractivity contribution is 5.02. The lowest BCUT2D eigenvalue weighted by molar-refractivity contribution is -0.114. The van der Waals surface area contributed by atoms with Crippen molar-refractivity contribution in [2.75, 3.05) is 19.7 Å². The molecule has 1 saturated carbocycles. The van der Waals surface area contributed by atoms with Crippen LogP contribution in [0.3, 0.4) is 0 Å². The van der Waals surface area contributed by atoms with Gasteiger partial charge in [0.25, 0.3) is 0 Å². The van der Waals surface area contributed by atoms with Gasteiger partial charge in [0.2, 0.25) is 0 Å². The van der Waals surface area contributed by atoms with Crippen molar-refractivity contribution in [2.24, 2.45) is 5.41 Å². The third kappa shape index (κ3) is 3.93. The van der Waals surface area contributed by atoms with E-state index in [1.165, 1.54) is 45.1 Å². The van der Waals surface area contributed by atoms with Crippen molar-refractivity contribution < 1.29 is 4.74 Å². The van der Waals surface area contributed by atoms with Gasteiger partial charge in [0, 0.05) is 24.1 Å². The first-order valence-corrected chi connectivity index (χ1v) is 8.23. The summed E-state index contributed by atoms with van der Waals surface area (Å²) in [4.78, 5) is 0. The summed E-state index contributed by atoms with van der Waals surface area (Å²) in [7, 11) is 0. The number of ether oxygens (including phenoxy) is 1. The third-order valence-electron chi connectivity index (χ3n) is 5.08. The molecule has 112 valence electrons. The van der Waals surface area contributed by atoms with Crippen LogP contribution >= 0.6 is 0 Å². The minimum atomic E-state index is 0.305. The van der Waals surface area contributed by atoms with E-state index in [-0.39, 0.29) is 0 Å². The fourth-order valence-electron chi connectivity index (χ4n) is 3.51. The molecule has 2 fully saturated rings. The number of piperidine rings is 1. The quantitative estimate of drug-likeness (QED) is 0.697. The molecule has 0 aromatic carbocycles. The van der Waals surface area contributed by atoms with Crippen LogP contribution in [0.2, 0.25) is 0 Å². The molecule has 0 radical (unpaired) electrons. The van der Waals surface area contributed by atoms with E-state index in [0.717, 1.165) is 19.2 Å². The Hall–Kier alpha value is -0.120. The van der Waals surface area contributed by atoms with Crippen LogP contribution in [-0.2, 0) is 4.74 Å². The predicted molar refractivity (Wildman–Crippen MR) is 80.5 cm³/mol. The van der Waals surface area contributed by atoms with Gasteiger partial charge >= 0.3 is 0 Å². The average Bonchev–Trinajstić information content (AvgIpc) is 2.42. The molecule has 3 nitrogen and oxygen atoms in total. The van der Waals surface area contributed by atoms with Crippen molar-refractivity contribution in [3.8, 4) is 0 Å². The van der Waals surface area contributed by atoms with E-state index < -0.39 is 0 Å². The van der Waals surface area contributed by atoms with Crippen LogP contribution in [0.15, 0.2) is 0 Å². The summed E-state index contributed by atoms with van der Waals surface area (Å²) in [6, 6.07) is 1.42. The Morgan fingerprint density at radius 2 is 2.16 bits per heavy atom. The Kier molecular flexibility index (Phi) is 5.67. The van der Waals surface area contributed by atoms with Gasteiger partial charge in [-0.25, -0.2) is 0 Å². The zero-order valence-corrected chi connectivity index (χ0v) is 13.0. The molecular formula is C16H32N2O. The topological polar surface area (TPSA) is 33.3 Å². The molecule has 3 heteroatoms. The van der Waals surface area contributed by atoms with Crippen molar-refractivity contribution in [1.82, 2.24) is 10.6 Å². The molecule has 2 rings (SSSR count). The number of nitrogens with one attached hydrogen (secondary N) is 2. The summed E-state index contributed by atoms with van der Waals surface area (Å²) in [6.45, 7) is 9.98. The molecular weight excluding hydrogens is 236 g/mol. The van der Waals surface area contributed by atoms with Gasteiger partial charge in [0.05, 0.1) is 6.10 Å². The van der Waals surface area contributed by atoms with Crippen LogP contribution in [0.1, 0.15) is 59.3 Å². The van der Waals surface area contributed by atoms with Crippen LogP contribution in [0, 0.1) is 5.41 Å². The fraction of sp³-hybridized carbons (Fsp3) is 1.00. The van der Waals surface area contributed by atoms with Crippen molar-refractivity contribution in [2.45, 2.75) is 77.5 Å². The fourth-order valence-corrected chi connectivity index (χ4v) is 3.51.